The zero-order valence-electron chi connectivity index (χ0n) is 9.87. The molecule has 0 aliphatic rings. The first-order chi connectivity index (χ1) is 8.15. The molecule has 0 radical (unpaired) electrons. The van der Waals surface area contributed by atoms with Crippen LogP contribution in [0.3, 0.4) is 0 Å². The third-order valence-electron chi connectivity index (χ3n) is 2.34. The van der Waals surface area contributed by atoms with E-state index in [2.05, 4.69) is 10.6 Å². The van der Waals surface area contributed by atoms with Crippen LogP contribution in [-0.4, -0.2) is 18.6 Å². The molecule has 2 amide bonds. The van der Waals surface area contributed by atoms with E-state index in [-0.39, 0.29) is 17.9 Å². The van der Waals surface area contributed by atoms with Crippen molar-refractivity contribution in [1.29, 1.82) is 0 Å². The van der Waals surface area contributed by atoms with Gasteiger partial charge >= 0.3 is 6.03 Å². The average Bonchev–Trinajstić information content (AvgIpc) is 2.28. The summed E-state index contributed by atoms with van der Waals surface area (Å²) in [6, 6.07) is 5.34. The van der Waals surface area contributed by atoms with Gasteiger partial charge < -0.3 is 16.4 Å². The van der Waals surface area contributed by atoms with Crippen molar-refractivity contribution in [2.24, 2.45) is 5.73 Å². The Morgan fingerprint density at radius 3 is 2.88 bits per heavy atom. The number of amides is 2. The number of carbonyl (C=O) groups is 1. The van der Waals surface area contributed by atoms with Crippen LogP contribution >= 0.6 is 0 Å². The fourth-order valence-corrected chi connectivity index (χ4v) is 1.52. The number of rotatable bonds is 5. The van der Waals surface area contributed by atoms with Gasteiger partial charge in [0.15, 0.2) is 0 Å². The van der Waals surface area contributed by atoms with Crippen molar-refractivity contribution in [3.8, 4) is 0 Å². The fourth-order valence-electron chi connectivity index (χ4n) is 1.52. The molecule has 0 aromatic heterocycles. The molecular weight excluding hydrogens is 221 g/mol. The average molecular weight is 239 g/mol. The molecule has 1 unspecified atom stereocenters. The molecule has 1 rings (SSSR count). The molecule has 0 saturated carbocycles. The summed E-state index contributed by atoms with van der Waals surface area (Å²) in [6.45, 7) is 2.42. The summed E-state index contributed by atoms with van der Waals surface area (Å²) in [7, 11) is 0. The van der Waals surface area contributed by atoms with E-state index < -0.39 is 0 Å². The van der Waals surface area contributed by atoms with Crippen LogP contribution in [0.1, 0.15) is 19.8 Å². The van der Waals surface area contributed by atoms with E-state index in [9.17, 15) is 9.18 Å². The van der Waals surface area contributed by atoms with Crippen molar-refractivity contribution in [2.75, 3.05) is 11.9 Å². The molecule has 1 aromatic rings. The zero-order valence-corrected chi connectivity index (χ0v) is 9.87. The topological polar surface area (TPSA) is 67.1 Å². The van der Waals surface area contributed by atoms with Crippen LogP contribution in [-0.2, 0) is 0 Å². The first-order valence-corrected chi connectivity index (χ1v) is 5.69. The van der Waals surface area contributed by atoms with Gasteiger partial charge in [-0.1, -0.05) is 19.4 Å². The fraction of sp³-hybridized carbons (Fsp3) is 0.417. The second-order valence-corrected chi connectivity index (χ2v) is 3.83. The van der Waals surface area contributed by atoms with Crippen molar-refractivity contribution < 1.29 is 9.18 Å². The molecule has 0 fully saturated rings. The molecule has 0 saturated heterocycles. The Hall–Kier alpha value is -1.62. The zero-order chi connectivity index (χ0) is 12.7. The molecule has 94 valence electrons. The lowest BCUT2D eigenvalue weighted by molar-refractivity contribution is 0.248. The molecule has 0 spiro atoms. The summed E-state index contributed by atoms with van der Waals surface area (Å²) in [6.07, 6.45) is 1.77. The van der Waals surface area contributed by atoms with Crippen molar-refractivity contribution in [1.82, 2.24) is 5.32 Å². The van der Waals surface area contributed by atoms with Gasteiger partial charge in [-0.2, -0.15) is 0 Å². The third kappa shape index (κ3) is 4.82. The molecule has 5 heteroatoms. The number of nitrogens with two attached hydrogens (primary N) is 1. The molecule has 0 bridgehead atoms. The summed E-state index contributed by atoms with van der Waals surface area (Å²) in [5.74, 6) is -0.383. The van der Waals surface area contributed by atoms with Gasteiger partial charge in [-0.05, 0) is 24.6 Å². The molecule has 0 aliphatic heterocycles. The van der Waals surface area contributed by atoms with Crippen molar-refractivity contribution in [3.63, 3.8) is 0 Å². The highest BCUT2D eigenvalue weighted by molar-refractivity contribution is 5.89. The SMILES string of the molecule is CCCC(CN)NC(=O)Nc1cccc(F)c1. The molecule has 17 heavy (non-hydrogen) atoms. The van der Waals surface area contributed by atoms with Gasteiger partial charge in [-0.25, -0.2) is 9.18 Å². The van der Waals surface area contributed by atoms with Crippen molar-refractivity contribution in [2.45, 2.75) is 25.8 Å². The van der Waals surface area contributed by atoms with E-state index >= 15 is 0 Å². The number of hydrogen-bond donors (Lipinski definition) is 3. The quantitative estimate of drug-likeness (QED) is 0.736. The second kappa shape index (κ2) is 6.85. The van der Waals surface area contributed by atoms with Gasteiger partial charge in [0.2, 0.25) is 0 Å². The highest BCUT2D eigenvalue weighted by Gasteiger charge is 2.09. The lowest BCUT2D eigenvalue weighted by Crippen LogP contribution is -2.42. The molecule has 1 atom stereocenters. The van der Waals surface area contributed by atoms with Gasteiger partial charge in [0.25, 0.3) is 0 Å². The highest BCUT2D eigenvalue weighted by atomic mass is 19.1. The van der Waals surface area contributed by atoms with Crippen LogP contribution in [0.15, 0.2) is 24.3 Å². The Kier molecular flexibility index (Phi) is 5.42. The molecule has 0 heterocycles. The highest BCUT2D eigenvalue weighted by Crippen LogP contribution is 2.08. The minimum Gasteiger partial charge on any atom is -0.334 e. The predicted molar refractivity (Wildman–Crippen MR) is 66.3 cm³/mol. The largest absolute Gasteiger partial charge is 0.334 e. The van der Waals surface area contributed by atoms with Crippen LogP contribution in [0.4, 0.5) is 14.9 Å². The van der Waals surface area contributed by atoms with E-state index in [1.54, 1.807) is 6.07 Å². The number of nitrogens with one attached hydrogen (secondary N) is 2. The monoisotopic (exact) mass is 239 g/mol. The van der Waals surface area contributed by atoms with Crippen molar-refractivity contribution >= 4 is 11.7 Å². The standard InChI is InChI=1S/C12H18FN3O/c1-2-4-11(8-14)16-12(17)15-10-6-3-5-9(13)7-10/h3,5-7,11H,2,4,8,14H2,1H3,(H2,15,16,17). The maximum absolute atomic E-state index is 12.9. The predicted octanol–water partition coefficient (Wildman–Crippen LogP) is 2.07. The number of halogens is 1. The second-order valence-electron chi connectivity index (χ2n) is 3.83. The Bertz CT molecular complexity index is 371. The summed E-state index contributed by atoms with van der Waals surface area (Å²) >= 11 is 0. The normalized spacial score (nSPS) is 11.9. The summed E-state index contributed by atoms with van der Waals surface area (Å²) in [5.41, 5.74) is 5.95. The van der Waals surface area contributed by atoms with E-state index in [0.29, 0.717) is 12.2 Å². The Balaban J connectivity index is 2.49. The number of benzene rings is 1. The van der Waals surface area contributed by atoms with E-state index in [4.69, 9.17) is 5.73 Å². The van der Waals surface area contributed by atoms with Crippen LogP contribution in [0.25, 0.3) is 0 Å². The Morgan fingerprint density at radius 2 is 2.29 bits per heavy atom. The molecule has 4 N–H and O–H groups in total. The minimum atomic E-state index is -0.383. The Labute approximate surface area is 100 Å². The number of hydrogen-bond acceptors (Lipinski definition) is 2. The maximum Gasteiger partial charge on any atom is 0.319 e. The molecule has 0 aliphatic carbocycles. The van der Waals surface area contributed by atoms with Gasteiger partial charge in [-0.3, -0.25) is 0 Å². The smallest absolute Gasteiger partial charge is 0.319 e. The van der Waals surface area contributed by atoms with Crippen LogP contribution in [0.5, 0.6) is 0 Å². The summed E-state index contributed by atoms with van der Waals surface area (Å²) in [4.78, 5) is 11.6. The van der Waals surface area contributed by atoms with Gasteiger partial charge in [-0.15, -0.1) is 0 Å². The van der Waals surface area contributed by atoms with Gasteiger partial charge in [0.1, 0.15) is 5.82 Å². The number of anilines is 1. The number of urea groups is 1. The first-order valence-electron chi connectivity index (χ1n) is 5.69. The third-order valence-corrected chi connectivity index (χ3v) is 2.34. The van der Waals surface area contributed by atoms with Crippen LogP contribution in [0, 0.1) is 5.82 Å². The minimum absolute atomic E-state index is 0.0476. The number of carbonyl (C=O) groups excluding carboxylic acids is 1. The van der Waals surface area contributed by atoms with E-state index in [1.807, 2.05) is 6.92 Å². The van der Waals surface area contributed by atoms with Gasteiger partial charge in [0.05, 0.1) is 0 Å². The molecule has 4 nitrogen and oxygen atoms in total. The van der Waals surface area contributed by atoms with E-state index in [1.165, 1.54) is 18.2 Å². The van der Waals surface area contributed by atoms with Crippen molar-refractivity contribution in [3.05, 3.63) is 30.1 Å². The molecular formula is C12H18FN3O. The maximum atomic E-state index is 12.9. The summed E-state index contributed by atoms with van der Waals surface area (Å²) in [5, 5.41) is 5.30. The molecule has 1 aromatic carbocycles. The lowest BCUT2D eigenvalue weighted by atomic mass is 10.2. The van der Waals surface area contributed by atoms with Gasteiger partial charge in [0, 0.05) is 18.3 Å². The summed E-state index contributed by atoms with van der Waals surface area (Å²) < 4.78 is 12.9. The Morgan fingerprint density at radius 1 is 1.53 bits per heavy atom. The van der Waals surface area contributed by atoms with Crippen LogP contribution < -0.4 is 16.4 Å². The first kappa shape index (κ1) is 13.4. The lowest BCUT2D eigenvalue weighted by Gasteiger charge is -2.16. The van der Waals surface area contributed by atoms with Crippen LogP contribution in [0.2, 0.25) is 0 Å². The van der Waals surface area contributed by atoms with E-state index in [0.717, 1.165) is 12.8 Å².